The number of aryl methyl sites for hydroxylation is 1. The van der Waals surface area contributed by atoms with Crippen molar-refractivity contribution in [3.8, 4) is 0 Å². The molecule has 0 fully saturated rings. The Bertz CT molecular complexity index is 654. The molecule has 17 heavy (non-hydrogen) atoms. The van der Waals surface area contributed by atoms with Crippen LogP contribution in [0.25, 0.3) is 10.2 Å². The summed E-state index contributed by atoms with van der Waals surface area (Å²) in [5.74, 6) is 0.214. The Balaban J connectivity index is 2.42. The molecule has 4 nitrogen and oxygen atoms in total. The smallest absolute Gasteiger partial charge is 0.270 e. The lowest BCUT2D eigenvalue weighted by atomic mass is 9.78. The molecule has 0 atom stereocenters. The SMILES string of the molecule is CC1(C)CCCc2c1sc1c(=O)[nH]c(N)nc21. The summed E-state index contributed by atoms with van der Waals surface area (Å²) in [4.78, 5) is 20.1. The third kappa shape index (κ3) is 1.49. The van der Waals surface area contributed by atoms with Crippen LogP contribution in [-0.2, 0) is 11.8 Å². The zero-order valence-electron chi connectivity index (χ0n) is 9.96. The van der Waals surface area contributed by atoms with E-state index in [9.17, 15) is 4.79 Å². The molecule has 0 amide bonds. The standard InChI is InChI=1S/C12H15N3OS/c1-12(2)5-3-4-6-7-8(17-9(6)12)10(16)15-11(13)14-7/h3-5H2,1-2H3,(H3,13,14,15,16). The van der Waals surface area contributed by atoms with Gasteiger partial charge >= 0.3 is 0 Å². The van der Waals surface area contributed by atoms with E-state index in [1.54, 1.807) is 11.3 Å². The minimum atomic E-state index is -0.109. The number of hydrogen-bond acceptors (Lipinski definition) is 4. The molecule has 3 N–H and O–H groups in total. The normalized spacial score (nSPS) is 18.2. The van der Waals surface area contributed by atoms with E-state index in [0.717, 1.165) is 23.1 Å². The first-order valence-corrected chi connectivity index (χ1v) is 6.62. The van der Waals surface area contributed by atoms with Gasteiger partial charge in [-0.05, 0) is 30.2 Å². The van der Waals surface area contributed by atoms with E-state index >= 15 is 0 Å². The number of fused-ring (bicyclic) bond motifs is 3. The topological polar surface area (TPSA) is 71.8 Å². The van der Waals surface area contributed by atoms with Crippen molar-refractivity contribution in [3.63, 3.8) is 0 Å². The summed E-state index contributed by atoms with van der Waals surface area (Å²) in [5.41, 5.74) is 7.72. The number of H-pyrrole nitrogens is 1. The Kier molecular flexibility index (Phi) is 2.10. The fourth-order valence-electron chi connectivity index (χ4n) is 2.65. The first-order valence-electron chi connectivity index (χ1n) is 5.81. The second-order valence-corrected chi connectivity index (χ2v) is 6.30. The van der Waals surface area contributed by atoms with Gasteiger partial charge in [0.25, 0.3) is 5.56 Å². The van der Waals surface area contributed by atoms with Crippen molar-refractivity contribution in [1.29, 1.82) is 0 Å². The van der Waals surface area contributed by atoms with Gasteiger partial charge in [-0.2, -0.15) is 0 Å². The predicted molar refractivity (Wildman–Crippen MR) is 70.6 cm³/mol. The van der Waals surface area contributed by atoms with E-state index < -0.39 is 0 Å². The number of nitrogens with zero attached hydrogens (tertiary/aromatic N) is 1. The van der Waals surface area contributed by atoms with Crippen LogP contribution >= 0.6 is 11.3 Å². The fraction of sp³-hybridized carbons (Fsp3) is 0.500. The summed E-state index contributed by atoms with van der Waals surface area (Å²) in [5, 5.41) is 0. The van der Waals surface area contributed by atoms with Crippen molar-refractivity contribution in [2.75, 3.05) is 5.73 Å². The van der Waals surface area contributed by atoms with Crippen molar-refractivity contribution < 1.29 is 0 Å². The van der Waals surface area contributed by atoms with Crippen molar-refractivity contribution in [2.24, 2.45) is 0 Å². The van der Waals surface area contributed by atoms with Crippen molar-refractivity contribution in [1.82, 2.24) is 9.97 Å². The number of nitrogens with two attached hydrogens (primary N) is 1. The maximum atomic E-state index is 11.9. The molecule has 0 saturated heterocycles. The number of thiophene rings is 1. The molecule has 2 aromatic rings. The van der Waals surface area contributed by atoms with Gasteiger partial charge in [0.15, 0.2) is 0 Å². The highest BCUT2D eigenvalue weighted by Crippen LogP contribution is 2.43. The van der Waals surface area contributed by atoms with Crippen molar-refractivity contribution in [3.05, 3.63) is 20.8 Å². The number of aromatic amines is 1. The van der Waals surface area contributed by atoms with Crippen LogP contribution < -0.4 is 11.3 Å². The van der Waals surface area contributed by atoms with Crippen LogP contribution in [0.5, 0.6) is 0 Å². The van der Waals surface area contributed by atoms with Crippen LogP contribution in [0.3, 0.4) is 0 Å². The van der Waals surface area contributed by atoms with Gasteiger partial charge in [-0.1, -0.05) is 13.8 Å². The van der Waals surface area contributed by atoms with E-state index in [2.05, 4.69) is 23.8 Å². The Morgan fingerprint density at radius 2 is 2.24 bits per heavy atom. The lowest BCUT2D eigenvalue weighted by molar-refractivity contribution is 0.443. The highest BCUT2D eigenvalue weighted by Gasteiger charge is 2.32. The molecule has 0 aromatic carbocycles. The number of aromatic nitrogens is 2. The number of nitrogen functional groups attached to an aromatic ring is 1. The van der Waals surface area contributed by atoms with E-state index in [0.29, 0.717) is 0 Å². The van der Waals surface area contributed by atoms with Gasteiger partial charge in [0.2, 0.25) is 5.95 Å². The first-order chi connectivity index (χ1) is 7.99. The molecular formula is C12H15N3OS. The summed E-state index contributed by atoms with van der Waals surface area (Å²) in [6.07, 6.45) is 3.33. The summed E-state index contributed by atoms with van der Waals surface area (Å²) in [7, 11) is 0. The van der Waals surface area contributed by atoms with Crippen molar-refractivity contribution >= 4 is 27.5 Å². The molecule has 0 spiro atoms. The second kappa shape index (κ2) is 3.32. The molecule has 5 heteroatoms. The third-order valence-corrected chi connectivity index (χ3v) is 5.09. The Morgan fingerprint density at radius 3 is 3.00 bits per heavy atom. The minimum Gasteiger partial charge on any atom is -0.369 e. The summed E-state index contributed by atoms with van der Waals surface area (Å²) >= 11 is 1.58. The molecule has 1 aliphatic carbocycles. The van der Waals surface area contributed by atoms with Crippen LogP contribution in [0.2, 0.25) is 0 Å². The van der Waals surface area contributed by atoms with Gasteiger partial charge in [-0.3, -0.25) is 9.78 Å². The molecule has 0 aliphatic heterocycles. The van der Waals surface area contributed by atoms with Crippen molar-refractivity contribution in [2.45, 2.75) is 38.5 Å². The predicted octanol–water partition coefficient (Wildman–Crippen LogP) is 2.18. The lowest BCUT2D eigenvalue weighted by Gasteiger charge is -2.29. The summed E-state index contributed by atoms with van der Waals surface area (Å²) < 4.78 is 0.721. The van der Waals surface area contributed by atoms with Gasteiger partial charge < -0.3 is 5.73 Å². The molecule has 2 heterocycles. The number of hydrogen-bond donors (Lipinski definition) is 2. The highest BCUT2D eigenvalue weighted by molar-refractivity contribution is 7.19. The molecule has 3 rings (SSSR count). The second-order valence-electron chi connectivity index (χ2n) is 5.28. The van der Waals surface area contributed by atoms with Crippen LogP contribution in [0.4, 0.5) is 5.95 Å². The maximum absolute atomic E-state index is 11.9. The minimum absolute atomic E-state index is 0.109. The Labute approximate surface area is 103 Å². The van der Waals surface area contributed by atoms with E-state index in [1.165, 1.54) is 16.9 Å². The highest BCUT2D eigenvalue weighted by atomic mass is 32.1. The van der Waals surface area contributed by atoms with Gasteiger partial charge in [-0.15, -0.1) is 11.3 Å². The molecule has 0 saturated carbocycles. The zero-order valence-corrected chi connectivity index (χ0v) is 10.8. The largest absolute Gasteiger partial charge is 0.369 e. The van der Waals surface area contributed by atoms with E-state index in [-0.39, 0.29) is 16.9 Å². The molecule has 0 radical (unpaired) electrons. The van der Waals surface area contributed by atoms with Gasteiger partial charge in [0, 0.05) is 4.88 Å². The average molecular weight is 249 g/mol. The quantitative estimate of drug-likeness (QED) is 0.751. The van der Waals surface area contributed by atoms with Crippen LogP contribution in [0.15, 0.2) is 4.79 Å². The average Bonchev–Trinajstić information content (AvgIpc) is 2.58. The molecule has 0 unspecified atom stereocenters. The third-order valence-electron chi connectivity index (χ3n) is 3.50. The number of rotatable bonds is 0. The number of nitrogens with one attached hydrogen (secondary N) is 1. The first kappa shape index (κ1) is 10.8. The van der Waals surface area contributed by atoms with E-state index in [1.807, 2.05) is 0 Å². The summed E-state index contributed by atoms with van der Waals surface area (Å²) in [6, 6.07) is 0. The van der Waals surface area contributed by atoms with Gasteiger partial charge in [0.05, 0.1) is 5.52 Å². The molecule has 1 aliphatic rings. The summed E-state index contributed by atoms with van der Waals surface area (Å²) in [6.45, 7) is 4.47. The molecule has 0 bridgehead atoms. The van der Waals surface area contributed by atoms with Gasteiger partial charge in [0.1, 0.15) is 4.70 Å². The Morgan fingerprint density at radius 1 is 1.47 bits per heavy atom. The molecular weight excluding hydrogens is 234 g/mol. The van der Waals surface area contributed by atoms with Gasteiger partial charge in [-0.25, -0.2) is 4.98 Å². The van der Waals surface area contributed by atoms with Crippen LogP contribution in [0.1, 0.15) is 37.1 Å². The van der Waals surface area contributed by atoms with E-state index in [4.69, 9.17) is 5.73 Å². The molecule has 2 aromatic heterocycles. The Hall–Kier alpha value is -1.36. The zero-order chi connectivity index (χ0) is 12.2. The number of anilines is 1. The van der Waals surface area contributed by atoms with Crippen LogP contribution in [0, 0.1) is 0 Å². The van der Waals surface area contributed by atoms with Crippen LogP contribution in [-0.4, -0.2) is 9.97 Å². The monoisotopic (exact) mass is 249 g/mol. The maximum Gasteiger partial charge on any atom is 0.270 e. The fourth-order valence-corrected chi connectivity index (χ4v) is 3.96. The lowest BCUT2D eigenvalue weighted by Crippen LogP contribution is -2.21. The molecule has 90 valence electrons.